The molecule has 5 heteroatoms. The minimum Gasteiger partial charge on any atom is -0.379 e. The monoisotopic (exact) mass is 209 g/mol. The van der Waals surface area contributed by atoms with Gasteiger partial charge < -0.3 is 10.5 Å². The van der Waals surface area contributed by atoms with E-state index in [-0.39, 0.29) is 11.8 Å². The van der Waals surface area contributed by atoms with Crippen molar-refractivity contribution in [3.05, 3.63) is 18.0 Å². The fraction of sp³-hybridized carbons (Fsp3) is 0.600. The fourth-order valence-corrected chi connectivity index (χ4v) is 1.75. The lowest BCUT2D eigenvalue weighted by molar-refractivity contribution is 0.0761. The highest BCUT2D eigenvalue weighted by molar-refractivity contribution is 5.99. The van der Waals surface area contributed by atoms with Gasteiger partial charge in [-0.15, -0.1) is 0 Å². The number of ether oxygens (including phenoxy) is 1. The maximum absolute atomic E-state index is 12.2. The molecule has 2 atom stereocenters. The second kappa shape index (κ2) is 3.43. The normalized spacial score (nSPS) is 30.7. The summed E-state index contributed by atoms with van der Waals surface area (Å²) in [6.07, 6.45) is 1.75. The Morgan fingerprint density at radius 2 is 2.53 bits per heavy atom. The molecule has 1 saturated heterocycles. The maximum Gasteiger partial charge on any atom is 0.192 e. The van der Waals surface area contributed by atoms with Gasteiger partial charge in [0.15, 0.2) is 5.78 Å². The van der Waals surface area contributed by atoms with Gasteiger partial charge in [0.1, 0.15) is 5.69 Å². The SMILES string of the molecule is Cn1ccc(C(=O)C2(C)COCC2N)n1. The predicted molar refractivity (Wildman–Crippen MR) is 54.4 cm³/mol. The molecule has 0 amide bonds. The van der Waals surface area contributed by atoms with Crippen LogP contribution < -0.4 is 5.73 Å². The molecule has 2 N–H and O–H groups in total. The zero-order valence-electron chi connectivity index (χ0n) is 8.93. The number of nitrogens with zero attached hydrogens (tertiary/aromatic N) is 2. The molecule has 0 spiro atoms. The van der Waals surface area contributed by atoms with Crippen LogP contribution in [0.5, 0.6) is 0 Å². The molecule has 2 rings (SSSR count). The Kier molecular flexibility index (Phi) is 2.36. The van der Waals surface area contributed by atoms with E-state index < -0.39 is 5.41 Å². The molecule has 0 radical (unpaired) electrons. The summed E-state index contributed by atoms with van der Waals surface area (Å²) < 4.78 is 6.85. The van der Waals surface area contributed by atoms with Gasteiger partial charge >= 0.3 is 0 Å². The van der Waals surface area contributed by atoms with Crippen molar-refractivity contribution in [3.8, 4) is 0 Å². The average Bonchev–Trinajstić information content (AvgIpc) is 2.75. The van der Waals surface area contributed by atoms with E-state index in [9.17, 15) is 4.79 Å². The van der Waals surface area contributed by atoms with Crippen LogP contribution in [0.25, 0.3) is 0 Å². The number of Topliss-reactive ketones (excluding diaryl/α,β-unsaturated/α-hetero) is 1. The van der Waals surface area contributed by atoms with Crippen molar-refractivity contribution in [1.29, 1.82) is 0 Å². The van der Waals surface area contributed by atoms with Crippen molar-refractivity contribution < 1.29 is 9.53 Å². The molecule has 0 saturated carbocycles. The molecule has 1 aliphatic rings. The minimum absolute atomic E-state index is 0.0342. The van der Waals surface area contributed by atoms with E-state index in [1.54, 1.807) is 24.0 Å². The summed E-state index contributed by atoms with van der Waals surface area (Å²) >= 11 is 0. The molecule has 2 heterocycles. The van der Waals surface area contributed by atoms with Gasteiger partial charge in [-0.1, -0.05) is 0 Å². The zero-order valence-corrected chi connectivity index (χ0v) is 8.93. The second-order valence-corrected chi connectivity index (χ2v) is 4.24. The van der Waals surface area contributed by atoms with Crippen molar-refractivity contribution in [2.45, 2.75) is 13.0 Å². The molecule has 1 fully saturated rings. The highest BCUT2D eigenvalue weighted by Crippen LogP contribution is 2.30. The summed E-state index contributed by atoms with van der Waals surface area (Å²) in [4.78, 5) is 12.2. The molecule has 1 aromatic rings. The molecular formula is C10H15N3O2. The minimum atomic E-state index is -0.631. The van der Waals surface area contributed by atoms with E-state index in [1.807, 2.05) is 6.92 Å². The number of carbonyl (C=O) groups is 1. The first kappa shape index (κ1) is 10.3. The first-order valence-electron chi connectivity index (χ1n) is 4.92. The Labute approximate surface area is 88.2 Å². The third-order valence-electron chi connectivity index (χ3n) is 2.98. The Morgan fingerprint density at radius 3 is 3.00 bits per heavy atom. The van der Waals surface area contributed by atoms with E-state index in [2.05, 4.69) is 5.10 Å². The number of rotatable bonds is 2. The van der Waals surface area contributed by atoms with Crippen LogP contribution in [0, 0.1) is 5.41 Å². The Balaban J connectivity index is 2.28. The molecule has 5 nitrogen and oxygen atoms in total. The van der Waals surface area contributed by atoms with Crippen molar-refractivity contribution >= 4 is 5.78 Å². The van der Waals surface area contributed by atoms with Gasteiger partial charge in [0.05, 0.1) is 18.6 Å². The highest BCUT2D eigenvalue weighted by Gasteiger charge is 2.45. The fourth-order valence-electron chi connectivity index (χ4n) is 1.75. The number of ketones is 1. The van der Waals surface area contributed by atoms with Gasteiger partial charge in [0, 0.05) is 19.3 Å². The molecule has 2 unspecified atom stereocenters. The topological polar surface area (TPSA) is 70.1 Å². The van der Waals surface area contributed by atoms with Gasteiger partial charge in [-0.25, -0.2) is 0 Å². The Bertz CT molecular complexity index is 388. The van der Waals surface area contributed by atoms with Crippen LogP contribution in [0.1, 0.15) is 17.4 Å². The van der Waals surface area contributed by atoms with Crippen LogP contribution in [-0.4, -0.2) is 34.8 Å². The highest BCUT2D eigenvalue weighted by atomic mass is 16.5. The van der Waals surface area contributed by atoms with Crippen LogP contribution in [0.3, 0.4) is 0 Å². The average molecular weight is 209 g/mol. The lowest BCUT2D eigenvalue weighted by Crippen LogP contribution is -2.44. The number of aryl methyl sites for hydroxylation is 1. The first-order chi connectivity index (χ1) is 7.04. The third kappa shape index (κ3) is 1.57. The van der Waals surface area contributed by atoms with Gasteiger partial charge in [0.25, 0.3) is 0 Å². The summed E-state index contributed by atoms with van der Waals surface area (Å²) in [5.74, 6) is -0.0342. The molecule has 0 bridgehead atoms. The smallest absolute Gasteiger partial charge is 0.192 e. The standard InChI is InChI=1S/C10H15N3O2/c1-10(6-15-5-8(10)11)9(14)7-3-4-13(2)12-7/h3-4,8H,5-6,11H2,1-2H3. The van der Waals surface area contributed by atoms with Gasteiger partial charge in [-0.05, 0) is 13.0 Å². The molecule has 0 aromatic carbocycles. The molecule has 0 aliphatic carbocycles. The Hall–Kier alpha value is -1.20. The molecule has 1 aromatic heterocycles. The number of carbonyl (C=O) groups excluding carboxylic acids is 1. The summed E-state index contributed by atoms with van der Waals surface area (Å²) in [6, 6.07) is 1.46. The number of hydrogen-bond acceptors (Lipinski definition) is 4. The lowest BCUT2D eigenvalue weighted by Gasteiger charge is -2.23. The first-order valence-corrected chi connectivity index (χ1v) is 4.92. The summed E-state index contributed by atoms with van der Waals surface area (Å²) in [7, 11) is 1.78. The predicted octanol–water partition coefficient (Wildman–Crippen LogP) is -0.0334. The zero-order chi connectivity index (χ0) is 11.1. The van der Waals surface area contributed by atoms with E-state index in [1.165, 1.54) is 0 Å². The second-order valence-electron chi connectivity index (χ2n) is 4.24. The quantitative estimate of drug-likeness (QED) is 0.694. The van der Waals surface area contributed by atoms with E-state index in [4.69, 9.17) is 10.5 Å². The lowest BCUT2D eigenvalue weighted by atomic mass is 9.80. The van der Waals surface area contributed by atoms with Crippen molar-refractivity contribution in [1.82, 2.24) is 9.78 Å². The molecule has 82 valence electrons. The van der Waals surface area contributed by atoms with E-state index in [0.717, 1.165) is 0 Å². The van der Waals surface area contributed by atoms with Crippen molar-refractivity contribution in [3.63, 3.8) is 0 Å². The number of hydrogen-bond donors (Lipinski definition) is 1. The van der Waals surface area contributed by atoms with Crippen LogP contribution in [0.15, 0.2) is 12.3 Å². The van der Waals surface area contributed by atoms with Crippen LogP contribution in [0.2, 0.25) is 0 Å². The van der Waals surface area contributed by atoms with Crippen LogP contribution in [-0.2, 0) is 11.8 Å². The number of nitrogens with two attached hydrogens (primary N) is 1. The summed E-state index contributed by atoms with van der Waals surface area (Å²) in [5, 5.41) is 4.09. The van der Waals surface area contributed by atoms with E-state index >= 15 is 0 Å². The van der Waals surface area contributed by atoms with E-state index in [0.29, 0.717) is 18.9 Å². The maximum atomic E-state index is 12.2. The van der Waals surface area contributed by atoms with Gasteiger partial charge in [-0.2, -0.15) is 5.10 Å². The van der Waals surface area contributed by atoms with Crippen molar-refractivity contribution in [2.75, 3.05) is 13.2 Å². The van der Waals surface area contributed by atoms with Crippen LogP contribution in [0.4, 0.5) is 0 Å². The largest absolute Gasteiger partial charge is 0.379 e. The number of aromatic nitrogens is 2. The molecule has 1 aliphatic heterocycles. The van der Waals surface area contributed by atoms with Crippen LogP contribution >= 0.6 is 0 Å². The summed E-state index contributed by atoms with van der Waals surface area (Å²) in [5.41, 5.74) is 5.71. The molecular weight excluding hydrogens is 194 g/mol. The van der Waals surface area contributed by atoms with Gasteiger partial charge in [0.2, 0.25) is 0 Å². The summed E-state index contributed by atoms with van der Waals surface area (Å²) in [6.45, 7) is 2.65. The third-order valence-corrected chi connectivity index (χ3v) is 2.98. The molecule has 15 heavy (non-hydrogen) atoms. The Morgan fingerprint density at radius 1 is 1.80 bits per heavy atom. The van der Waals surface area contributed by atoms with Gasteiger partial charge in [-0.3, -0.25) is 9.48 Å². The van der Waals surface area contributed by atoms with Crippen molar-refractivity contribution in [2.24, 2.45) is 18.2 Å².